The largest absolute Gasteiger partial charge is 0.370 e. The van der Waals surface area contributed by atoms with Crippen LogP contribution in [0.4, 0.5) is 11.6 Å². The van der Waals surface area contributed by atoms with Crippen LogP contribution in [-0.4, -0.2) is 16.5 Å². The van der Waals surface area contributed by atoms with Crippen molar-refractivity contribution < 1.29 is 0 Å². The van der Waals surface area contributed by atoms with Gasteiger partial charge in [-0.05, 0) is 12.3 Å². The molecule has 0 aliphatic rings. The van der Waals surface area contributed by atoms with Gasteiger partial charge in [-0.3, -0.25) is 0 Å². The first-order valence-electron chi connectivity index (χ1n) is 6.74. The summed E-state index contributed by atoms with van der Waals surface area (Å²) in [6.07, 6.45) is 4.49. The summed E-state index contributed by atoms with van der Waals surface area (Å²) in [5.41, 5.74) is 2.57. The van der Waals surface area contributed by atoms with E-state index in [0.29, 0.717) is 5.82 Å². The number of nitrogens with two attached hydrogens (primary N) is 1. The zero-order valence-electron chi connectivity index (χ0n) is 11.7. The first-order valence-corrected chi connectivity index (χ1v) is 6.74. The van der Waals surface area contributed by atoms with Crippen molar-refractivity contribution in [1.29, 1.82) is 0 Å². The normalized spacial score (nSPS) is 10.7. The number of unbranched alkanes of at least 4 members (excludes halogenated alkanes) is 1. The maximum atomic E-state index is 5.38. The van der Waals surface area contributed by atoms with Crippen LogP contribution in [0.3, 0.4) is 0 Å². The first kappa shape index (κ1) is 14.7. The molecule has 5 nitrogen and oxygen atoms in total. The molecule has 0 fully saturated rings. The zero-order chi connectivity index (χ0) is 13.4. The fourth-order valence-corrected chi connectivity index (χ4v) is 1.71. The summed E-state index contributed by atoms with van der Waals surface area (Å²) in [5, 5.41) is 3.32. The van der Waals surface area contributed by atoms with E-state index in [1.165, 1.54) is 12.8 Å². The van der Waals surface area contributed by atoms with E-state index in [0.717, 1.165) is 36.9 Å². The fourth-order valence-electron chi connectivity index (χ4n) is 1.71. The van der Waals surface area contributed by atoms with Crippen LogP contribution in [0.5, 0.6) is 0 Å². The summed E-state index contributed by atoms with van der Waals surface area (Å²) < 4.78 is 0. The highest BCUT2D eigenvalue weighted by molar-refractivity contribution is 5.46. The molecule has 0 amide bonds. The van der Waals surface area contributed by atoms with Gasteiger partial charge in [-0.25, -0.2) is 15.8 Å². The lowest BCUT2D eigenvalue weighted by Gasteiger charge is -2.09. The quantitative estimate of drug-likeness (QED) is 0.376. The summed E-state index contributed by atoms with van der Waals surface area (Å²) >= 11 is 0. The molecule has 0 saturated carbocycles. The number of anilines is 2. The van der Waals surface area contributed by atoms with Gasteiger partial charge in [-0.1, -0.05) is 33.6 Å². The fraction of sp³-hybridized carbons (Fsp3) is 0.692. The average molecular weight is 251 g/mol. The molecule has 1 heterocycles. The lowest BCUT2D eigenvalue weighted by Crippen LogP contribution is -2.12. The van der Waals surface area contributed by atoms with E-state index in [1.807, 2.05) is 13.0 Å². The van der Waals surface area contributed by atoms with E-state index in [9.17, 15) is 0 Å². The molecule has 102 valence electrons. The number of nitrogen functional groups attached to an aromatic ring is 1. The SMILES string of the molecule is CCc1nc(NN)cc(NCCCCC(C)C)n1. The molecule has 0 saturated heterocycles. The monoisotopic (exact) mass is 251 g/mol. The molecule has 4 N–H and O–H groups in total. The Bertz CT molecular complexity index is 329. The van der Waals surface area contributed by atoms with Gasteiger partial charge >= 0.3 is 0 Å². The molecule has 0 unspecified atom stereocenters. The Morgan fingerprint density at radius 2 is 1.94 bits per heavy atom. The van der Waals surface area contributed by atoms with Crippen molar-refractivity contribution in [3.63, 3.8) is 0 Å². The number of nitrogens with zero attached hydrogens (tertiary/aromatic N) is 2. The highest BCUT2D eigenvalue weighted by Crippen LogP contribution is 2.11. The number of aryl methyl sites for hydroxylation is 1. The molecule has 18 heavy (non-hydrogen) atoms. The summed E-state index contributed by atoms with van der Waals surface area (Å²) in [6, 6.07) is 1.83. The van der Waals surface area contributed by atoms with Gasteiger partial charge in [0.05, 0.1) is 0 Å². The lowest BCUT2D eigenvalue weighted by atomic mass is 10.1. The Morgan fingerprint density at radius 1 is 1.22 bits per heavy atom. The standard InChI is InChI=1S/C13H25N5/c1-4-11-16-12(9-13(17-11)18-14)15-8-6-5-7-10(2)3/h9-10H,4-8,14H2,1-3H3,(H2,15,16,17,18). The number of hydrazine groups is 1. The second kappa shape index (κ2) is 7.87. The number of rotatable bonds is 8. The maximum Gasteiger partial charge on any atom is 0.145 e. The van der Waals surface area contributed by atoms with Crippen LogP contribution in [0.2, 0.25) is 0 Å². The third-order valence-corrected chi connectivity index (χ3v) is 2.75. The Morgan fingerprint density at radius 3 is 2.56 bits per heavy atom. The van der Waals surface area contributed by atoms with E-state index in [-0.39, 0.29) is 0 Å². The van der Waals surface area contributed by atoms with Crippen LogP contribution in [0, 0.1) is 5.92 Å². The van der Waals surface area contributed by atoms with E-state index in [1.54, 1.807) is 0 Å². The minimum atomic E-state index is 0.659. The molecule has 1 aromatic heterocycles. The predicted molar refractivity (Wildman–Crippen MR) is 76.4 cm³/mol. The third-order valence-electron chi connectivity index (χ3n) is 2.75. The molecule has 0 aliphatic heterocycles. The number of nitrogens with one attached hydrogen (secondary N) is 2. The first-order chi connectivity index (χ1) is 8.65. The molecular formula is C13H25N5. The van der Waals surface area contributed by atoms with Crippen LogP contribution < -0.4 is 16.6 Å². The summed E-state index contributed by atoms with van der Waals surface area (Å²) in [5.74, 6) is 8.47. The van der Waals surface area contributed by atoms with E-state index in [4.69, 9.17) is 5.84 Å². The van der Waals surface area contributed by atoms with Crippen molar-refractivity contribution in [1.82, 2.24) is 9.97 Å². The van der Waals surface area contributed by atoms with Crippen molar-refractivity contribution >= 4 is 11.6 Å². The Balaban J connectivity index is 2.41. The van der Waals surface area contributed by atoms with Gasteiger partial charge in [-0.15, -0.1) is 0 Å². The van der Waals surface area contributed by atoms with Crippen LogP contribution in [-0.2, 0) is 6.42 Å². The van der Waals surface area contributed by atoms with Gasteiger partial charge in [-0.2, -0.15) is 0 Å². The van der Waals surface area contributed by atoms with Gasteiger partial charge in [0.1, 0.15) is 17.5 Å². The lowest BCUT2D eigenvalue weighted by molar-refractivity contribution is 0.544. The Labute approximate surface area is 110 Å². The topological polar surface area (TPSA) is 75.9 Å². The predicted octanol–water partition coefficient (Wildman–Crippen LogP) is 2.56. The number of hydrogen-bond donors (Lipinski definition) is 3. The van der Waals surface area contributed by atoms with Crippen molar-refractivity contribution in [2.45, 2.75) is 46.5 Å². The van der Waals surface area contributed by atoms with Crippen LogP contribution in [0.1, 0.15) is 45.9 Å². The van der Waals surface area contributed by atoms with E-state index >= 15 is 0 Å². The van der Waals surface area contributed by atoms with Crippen molar-refractivity contribution in [2.75, 3.05) is 17.3 Å². The maximum absolute atomic E-state index is 5.38. The second-order valence-electron chi connectivity index (χ2n) is 4.87. The highest BCUT2D eigenvalue weighted by atomic mass is 15.3. The molecule has 0 aliphatic carbocycles. The molecular weight excluding hydrogens is 226 g/mol. The highest BCUT2D eigenvalue weighted by Gasteiger charge is 2.02. The minimum absolute atomic E-state index is 0.659. The number of aromatic nitrogens is 2. The van der Waals surface area contributed by atoms with Crippen LogP contribution in [0.15, 0.2) is 6.07 Å². The van der Waals surface area contributed by atoms with Gasteiger partial charge < -0.3 is 10.7 Å². The van der Waals surface area contributed by atoms with Crippen LogP contribution in [0.25, 0.3) is 0 Å². The van der Waals surface area contributed by atoms with Crippen LogP contribution >= 0.6 is 0 Å². The third kappa shape index (κ3) is 5.31. The van der Waals surface area contributed by atoms with E-state index < -0.39 is 0 Å². The second-order valence-corrected chi connectivity index (χ2v) is 4.87. The Kier molecular flexibility index (Phi) is 6.43. The molecule has 0 aromatic carbocycles. The van der Waals surface area contributed by atoms with Crippen molar-refractivity contribution in [3.05, 3.63) is 11.9 Å². The average Bonchev–Trinajstić information content (AvgIpc) is 2.37. The van der Waals surface area contributed by atoms with Gasteiger partial charge in [0.15, 0.2) is 0 Å². The number of hydrogen-bond acceptors (Lipinski definition) is 5. The summed E-state index contributed by atoms with van der Waals surface area (Å²) in [7, 11) is 0. The van der Waals surface area contributed by atoms with Crippen molar-refractivity contribution in [3.8, 4) is 0 Å². The van der Waals surface area contributed by atoms with Gasteiger partial charge in [0.25, 0.3) is 0 Å². The molecule has 1 aromatic rings. The van der Waals surface area contributed by atoms with Crippen molar-refractivity contribution in [2.24, 2.45) is 11.8 Å². The van der Waals surface area contributed by atoms with Gasteiger partial charge in [0.2, 0.25) is 0 Å². The smallest absolute Gasteiger partial charge is 0.145 e. The van der Waals surface area contributed by atoms with E-state index in [2.05, 4.69) is 34.6 Å². The molecule has 5 heteroatoms. The molecule has 0 spiro atoms. The summed E-state index contributed by atoms with van der Waals surface area (Å²) in [4.78, 5) is 8.67. The van der Waals surface area contributed by atoms with Gasteiger partial charge in [0, 0.05) is 19.0 Å². The molecule has 1 rings (SSSR count). The molecule has 0 atom stereocenters. The summed E-state index contributed by atoms with van der Waals surface area (Å²) in [6.45, 7) is 7.48. The minimum Gasteiger partial charge on any atom is -0.370 e. The molecule has 0 radical (unpaired) electrons. The molecule has 0 bridgehead atoms. The zero-order valence-corrected chi connectivity index (χ0v) is 11.7. The Hall–Kier alpha value is -1.36.